The number of hydrogen-bond donors (Lipinski definition) is 0. The quantitative estimate of drug-likeness (QED) is 0.194. The summed E-state index contributed by atoms with van der Waals surface area (Å²) in [4.78, 5) is 0. The van der Waals surface area contributed by atoms with Gasteiger partial charge in [0.05, 0.1) is 0 Å². The Hall–Kier alpha value is -5.20. The van der Waals surface area contributed by atoms with Crippen LogP contribution in [-0.4, -0.2) is 0 Å². The lowest BCUT2D eigenvalue weighted by atomic mass is 9.76. The largest absolute Gasteiger partial charge is 0.0688 e. The van der Waals surface area contributed by atoms with Crippen molar-refractivity contribution in [2.75, 3.05) is 0 Å². The van der Waals surface area contributed by atoms with Gasteiger partial charge in [-0.05, 0) is 94.5 Å². The van der Waals surface area contributed by atoms with Crippen molar-refractivity contribution in [3.8, 4) is 11.1 Å². The van der Waals surface area contributed by atoms with E-state index >= 15 is 0 Å². The predicted molar refractivity (Wildman–Crippen MR) is 181 cm³/mol. The first-order chi connectivity index (χ1) is 20.8. The molecular formula is C42H28. The van der Waals surface area contributed by atoms with E-state index in [1.54, 1.807) is 0 Å². The summed E-state index contributed by atoms with van der Waals surface area (Å²) < 4.78 is 0. The Morgan fingerprint density at radius 3 is 1.81 bits per heavy atom. The molecule has 0 saturated heterocycles. The molecule has 1 atom stereocenters. The topological polar surface area (TPSA) is 0 Å². The van der Waals surface area contributed by atoms with Crippen LogP contribution in [0, 0.1) is 5.92 Å². The molecule has 0 amide bonds. The molecule has 0 aliphatic heterocycles. The zero-order valence-electron chi connectivity index (χ0n) is 23.2. The van der Waals surface area contributed by atoms with Crippen LogP contribution in [0.15, 0.2) is 151 Å². The van der Waals surface area contributed by atoms with Crippen molar-refractivity contribution >= 4 is 54.7 Å². The molecule has 0 saturated carbocycles. The number of allylic oxidation sites excluding steroid dienone is 5. The molecule has 9 rings (SSSR count). The number of fused-ring (bicyclic) bond motifs is 7. The fourth-order valence-corrected chi connectivity index (χ4v) is 7.36. The monoisotopic (exact) mass is 532 g/mol. The van der Waals surface area contributed by atoms with Gasteiger partial charge >= 0.3 is 0 Å². The highest BCUT2D eigenvalue weighted by Gasteiger charge is 2.25. The minimum Gasteiger partial charge on any atom is -0.0688 e. The molecular weight excluding hydrogens is 504 g/mol. The smallest absolute Gasteiger partial charge is 0.00680 e. The van der Waals surface area contributed by atoms with Crippen molar-refractivity contribution < 1.29 is 0 Å². The van der Waals surface area contributed by atoms with Crippen molar-refractivity contribution in [3.05, 3.63) is 168 Å². The van der Waals surface area contributed by atoms with Crippen LogP contribution in [0.4, 0.5) is 0 Å². The molecule has 42 heavy (non-hydrogen) atoms. The highest BCUT2D eigenvalue weighted by Crippen LogP contribution is 2.45. The molecule has 0 nitrogen and oxygen atoms in total. The van der Waals surface area contributed by atoms with Gasteiger partial charge in [-0.3, -0.25) is 0 Å². The van der Waals surface area contributed by atoms with Crippen molar-refractivity contribution in [3.63, 3.8) is 0 Å². The van der Waals surface area contributed by atoms with E-state index in [4.69, 9.17) is 0 Å². The molecule has 7 aromatic carbocycles. The first-order valence-corrected chi connectivity index (χ1v) is 14.9. The minimum atomic E-state index is 0.372. The third kappa shape index (κ3) is 3.55. The summed E-state index contributed by atoms with van der Waals surface area (Å²) in [6.07, 6.45) is 10.7. The third-order valence-electron chi connectivity index (χ3n) is 9.33. The van der Waals surface area contributed by atoms with Crippen LogP contribution in [0.25, 0.3) is 65.9 Å². The summed E-state index contributed by atoms with van der Waals surface area (Å²) in [5.74, 6) is 0.372. The Balaban J connectivity index is 1.25. The molecule has 196 valence electrons. The summed E-state index contributed by atoms with van der Waals surface area (Å²) in [5.41, 5.74) is 9.47. The zero-order valence-corrected chi connectivity index (χ0v) is 23.2. The SMILES string of the molecule is C1=CC2=Cc3c(ccc4ccccc34)CC2C=C1c1c2ccccc2c(-c2ccc3ccccc3c2)c2ccccc12. The molecule has 0 aromatic heterocycles. The fraction of sp³-hybridized carbons (Fsp3) is 0.0476. The highest BCUT2D eigenvalue weighted by atomic mass is 14.3. The Kier molecular flexibility index (Phi) is 5.12. The van der Waals surface area contributed by atoms with Gasteiger partial charge in [0.15, 0.2) is 0 Å². The second kappa shape index (κ2) is 9.16. The van der Waals surface area contributed by atoms with Gasteiger partial charge in [0.25, 0.3) is 0 Å². The Labute approximate surface area is 245 Å². The maximum Gasteiger partial charge on any atom is 0.00680 e. The molecule has 0 heterocycles. The van der Waals surface area contributed by atoms with E-state index in [2.05, 4.69) is 152 Å². The van der Waals surface area contributed by atoms with Gasteiger partial charge in [0.2, 0.25) is 0 Å². The number of rotatable bonds is 2. The summed E-state index contributed by atoms with van der Waals surface area (Å²) >= 11 is 0. The van der Waals surface area contributed by atoms with Crippen molar-refractivity contribution in [2.24, 2.45) is 5.92 Å². The molecule has 7 aromatic rings. The molecule has 2 aliphatic rings. The van der Waals surface area contributed by atoms with E-state index in [0.29, 0.717) is 5.92 Å². The van der Waals surface area contributed by atoms with Crippen molar-refractivity contribution in [1.29, 1.82) is 0 Å². The van der Waals surface area contributed by atoms with Crippen LogP contribution >= 0.6 is 0 Å². The van der Waals surface area contributed by atoms with Crippen LogP contribution in [0.1, 0.15) is 16.7 Å². The molecule has 0 bridgehead atoms. The molecule has 1 unspecified atom stereocenters. The lowest BCUT2D eigenvalue weighted by Crippen LogP contribution is -2.13. The Morgan fingerprint density at radius 1 is 0.476 bits per heavy atom. The van der Waals surface area contributed by atoms with Crippen LogP contribution in [0.5, 0.6) is 0 Å². The van der Waals surface area contributed by atoms with Gasteiger partial charge in [-0.2, -0.15) is 0 Å². The number of hydrogen-bond acceptors (Lipinski definition) is 0. The summed E-state index contributed by atoms with van der Waals surface area (Å²) in [7, 11) is 0. The van der Waals surface area contributed by atoms with Crippen LogP contribution < -0.4 is 0 Å². The molecule has 0 heteroatoms. The first-order valence-electron chi connectivity index (χ1n) is 14.9. The summed E-state index contributed by atoms with van der Waals surface area (Å²) in [6, 6.07) is 46.9. The standard InChI is InChI=1S/C42H28/c1-2-11-29-23-32(21-17-27(29)9-1)41-36-13-5-7-15-38(36)42(39-16-8-6-14-37(39)41)33-22-19-30-26-40-31(24-34(30)25-33)20-18-28-10-3-4-12-35(28)40/h1-23,25-26,34H,24H2. The maximum absolute atomic E-state index is 2.52. The van der Waals surface area contributed by atoms with E-state index in [0.717, 1.165) is 6.42 Å². The highest BCUT2D eigenvalue weighted by molar-refractivity contribution is 6.20. The van der Waals surface area contributed by atoms with Gasteiger partial charge in [0, 0.05) is 5.92 Å². The fourth-order valence-electron chi connectivity index (χ4n) is 7.36. The average molecular weight is 533 g/mol. The average Bonchev–Trinajstić information content (AvgIpc) is 3.05. The molecule has 0 N–H and O–H groups in total. The lowest BCUT2D eigenvalue weighted by Gasteiger charge is -2.27. The van der Waals surface area contributed by atoms with E-state index in [1.165, 1.54) is 82.1 Å². The summed E-state index contributed by atoms with van der Waals surface area (Å²) in [5, 5.41) is 10.4. The molecule has 0 spiro atoms. The van der Waals surface area contributed by atoms with Gasteiger partial charge in [0.1, 0.15) is 0 Å². The second-order valence-corrected chi connectivity index (χ2v) is 11.7. The van der Waals surface area contributed by atoms with E-state index in [9.17, 15) is 0 Å². The second-order valence-electron chi connectivity index (χ2n) is 11.7. The van der Waals surface area contributed by atoms with Crippen LogP contribution in [-0.2, 0) is 6.42 Å². The van der Waals surface area contributed by atoms with Gasteiger partial charge < -0.3 is 0 Å². The van der Waals surface area contributed by atoms with Crippen molar-refractivity contribution in [2.45, 2.75) is 6.42 Å². The van der Waals surface area contributed by atoms with Crippen LogP contribution in [0.3, 0.4) is 0 Å². The Morgan fingerprint density at radius 2 is 1.07 bits per heavy atom. The number of benzene rings is 7. The normalized spacial score (nSPS) is 16.0. The molecule has 0 radical (unpaired) electrons. The minimum absolute atomic E-state index is 0.372. The summed E-state index contributed by atoms with van der Waals surface area (Å²) in [6.45, 7) is 0. The first kappa shape index (κ1) is 23.5. The predicted octanol–water partition coefficient (Wildman–Crippen LogP) is 11.2. The maximum atomic E-state index is 2.52. The third-order valence-corrected chi connectivity index (χ3v) is 9.33. The lowest BCUT2D eigenvalue weighted by molar-refractivity contribution is 0.763. The van der Waals surface area contributed by atoms with Crippen LogP contribution in [0.2, 0.25) is 0 Å². The van der Waals surface area contributed by atoms with Crippen molar-refractivity contribution in [1.82, 2.24) is 0 Å². The Bertz CT molecular complexity index is 2270. The van der Waals surface area contributed by atoms with E-state index in [-0.39, 0.29) is 0 Å². The van der Waals surface area contributed by atoms with Gasteiger partial charge in [-0.1, -0.05) is 146 Å². The molecule has 2 aliphatic carbocycles. The van der Waals surface area contributed by atoms with E-state index < -0.39 is 0 Å². The zero-order chi connectivity index (χ0) is 27.6. The van der Waals surface area contributed by atoms with Gasteiger partial charge in [-0.15, -0.1) is 0 Å². The van der Waals surface area contributed by atoms with Gasteiger partial charge in [-0.25, -0.2) is 0 Å². The molecule has 0 fully saturated rings. The van der Waals surface area contributed by atoms with E-state index in [1.807, 2.05) is 0 Å².